The number of hydrogen-bond donors (Lipinski definition) is 0. The van der Waals surface area contributed by atoms with Crippen molar-refractivity contribution in [1.82, 2.24) is 0 Å². The van der Waals surface area contributed by atoms with E-state index in [2.05, 4.69) is 0 Å². The second-order valence-electron chi connectivity index (χ2n) is 7.48. The number of rotatable bonds is 11. The number of carbonyl (C=O) groups is 1. The second-order valence-corrected chi connectivity index (χ2v) is 8.27. The van der Waals surface area contributed by atoms with Gasteiger partial charge in [-0.05, 0) is 54.8 Å². The van der Waals surface area contributed by atoms with Crippen LogP contribution in [-0.4, -0.2) is 31.9 Å². The molecule has 0 fully saturated rings. The Balaban J connectivity index is 1.51. The van der Waals surface area contributed by atoms with Crippen molar-refractivity contribution >= 4 is 35.2 Å². The standard InChI is InChI=1S/C28H28Cl2O4/c1-3-32-26(28(31)33-4-2)19-21-12-16-23(17-13-21)34-18-6-7-20-10-14-22(15-11-20)24-8-5-9-25(29)27(24)30/h5-17,26H,3-4,18-19H2,1-2H3/b7-6+. The van der Waals surface area contributed by atoms with E-state index in [9.17, 15) is 4.79 Å². The lowest BCUT2D eigenvalue weighted by molar-refractivity contribution is -0.156. The molecule has 0 N–H and O–H groups in total. The number of halogens is 2. The van der Waals surface area contributed by atoms with Gasteiger partial charge in [0.1, 0.15) is 12.4 Å². The molecule has 3 aromatic rings. The van der Waals surface area contributed by atoms with Gasteiger partial charge in [0.15, 0.2) is 6.10 Å². The second kappa shape index (κ2) is 13.2. The van der Waals surface area contributed by atoms with E-state index in [-0.39, 0.29) is 5.97 Å². The van der Waals surface area contributed by atoms with Crippen LogP contribution in [-0.2, 0) is 20.7 Å². The summed E-state index contributed by atoms with van der Waals surface area (Å²) < 4.78 is 16.4. The van der Waals surface area contributed by atoms with E-state index in [4.69, 9.17) is 37.4 Å². The van der Waals surface area contributed by atoms with Gasteiger partial charge in [0, 0.05) is 18.6 Å². The van der Waals surface area contributed by atoms with Crippen molar-refractivity contribution in [2.45, 2.75) is 26.4 Å². The maximum Gasteiger partial charge on any atom is 0.335 e. The van der Waals surface area contributed by atoms with Crippen LogP contribution in [0.2, 0.25) is 10.0 Å². The largest absolute Gasteiger partial charge is 0.490 e. The third-order valence-electron chi connectivity index (χ3n) is 5.09. The molecule has 34 heavy (non-hydrogen) atoms. The van der Waals surface area contributed by atoms with Crippen molar-refractivity contribution in [3.8, 4) is 16.9 Å². The molecule has 0 bridgehead atoms. The number of ether oxygens (including phenoxy) is 3. The molecule has 0 radical (unpaired) electrons. The molecular weight excluding hydrogens is 471 g/mol. The molecule has 0 aliphatic carbocycles. The van der Waals surface area contributed by atoms with Gasteiger partial charge in [-0.2, -0.15) is 0 Å². The molecule has 4 nitrogen and oxygen atoms in total. The Bertz CT molecular complexity index is 1090. The minimum Gasteiger partial charge on any atom is -0.490 e. The minimum atomic E-state index is -0.596. The molecule has 0 heterocycles. The molecular formula is C28H28Cl2O4. The third-order valence-corrected chi connectivity index (χ3v) is 5.91. The minimum absolute atomic E-state index is 0.335. The van der Waals surface area contributed by atoms with E-state index in [1.54, 1.807) is 13.0 Å². The van der Waals surface area contributed by atoms with E-state index < -0.39 is 6.10 Å². The van der Waals surface area contributed by atoms with E-state index in [1.165, 1.54) is 0 Å². The van der Waals surface area contributed by atoms with Gasteiger partial charge in [-0.15, -0.1) is 0 Å². The highest BCUT2D eigenvalue weighted by Gasteiger charge is 2.20. The zero-order valence-electron chi connectivity index (χ0n) is 19.3. The predicted molar refractivity (Wildman–Crippen MR) is 139 cm³/mol. The Morgan fingerprint density at radius 1 is 0.941 bits per heavy atom. The highest BCUT2D eigenvalue weighted by molar-refractivity contribution is 6.43. The van der Waals surface area contributed by atoms with Gasteiger partial charge in [0.25, 0.3) is 0 Å². The first kappa shape index (κ1) is 25.8. The van der Waals surface area contributed by atoms with E-state index >= 15 is 0 Å². The summed E-state index contributed by atoms with van der Waals surface area (Å²) in [6.07, 6.45) is 3.83. The highest BCUT2D eigenvalue weighted by atomic mass is 35.5. The number of esters is 1. The maximum atomic E-state index is 12.0. The fraction of sp³-hybridized carbons (Fsp3) is 0.250. The first-order chi connectivity index (χ1) is 16.5. The average molecular weight is 499 g/mol. The Labute approximate surface area is 211 Å². The number of benzene rings is 3. The average Bonchev–Trinajstić information content (AvgIpc) is 2.85. The van der Waals surface area contributed by atoms with Crippen LogP contribution in [0.1, 0.15) is 25.0 Å². The van der Waals surface area contributed by atoms with Gasteiger partial charge in [-0.3, -0.25) is 0 Å². The van der Waals surface area contributed by atoms with Crippen LogP contribution in [0.3, 0.4) is 0 Å². The predicted octanol–water partition coefficient (Wildman–Crippen LogP) is 7.26. The Morgan fingerprint density at radius 3 is 2.35 bits per heavy atom. The lowest BCUT2D eigenvalue weighted by atomic mass is 10.0. The van der Waals surface area contributed by atoms with Crippen LogP contribution in [0.4, 0.5) is 0 Å². The van der Waals surface area contributed by atoms with E-state index in [0.29, 0.717) is 36.3 Å². The summed E-state index contributed by atoms with van der Waals surface area (Å²) in [7, 11) is 0. The summed E-state index contributed by atoms with van der Waals surface area (Å²) >= 11 is 12.4. The summed E-state index contributed by atoms with van der Waals surface area (Å²) in [4.78, 5) is 12.0. The zero-order chi connectivity index (χ0) is 24.3. The van der Waals surface area contributed by atoms with Gasteiger partial charge in [0.2, 0.25) is 0 Å². The van der Waals surface area contributed by atoms with Crippen molar-refractivity contribution in [2.75, 3.05) is 19.8 Å². The van der Waals surface area contributed by atoms with Crippen LogP contribution >= 0.6 is 23.2 Å². The molecule has 0 aromatic heterocycles. The van der Waals surface area contributed by atoms with Gasteiger partial charge >= 0.3 is 5.97 Å². The van der Waals surface area contributed by atoms with Crippen molar-refractivity contribution in [3.63, 3.8) is 0 Å². The Hall–Kier alpha value is -2.79. The number of carbonyl (C=O) groups excluding carboxylic acids is 1. The normalized spacial score (nSPS) is 12.0. The molecule has 0 saturated carbocycles. The van der Waals surface area contributed by atoms with Gasteiger partial charge in [0.05, 0.1) is 16.7 Å². The molecule has 0 aliphatic heterocycles. The van der Waals surface area contributed by atoms with Gasteiger partial charge < -0.3 is 14.2 Å². The Morgan fingerprint density at radius 2 is 1.68 bits per heavy atom. The fourth-order valence-corrected chi connectivity index (χ4v) is 3.82. The lowest BCUT2D eigenvalue weighted by Crippen LogP contribution is -2.28. The van der Waals surface area contributed by atoms with Gasteiger partial charge in [-0.25, -0.2) is 4.79 Å². The molecule has 0 aliphatic rings. The lowest BCUT2D eigenvalue weighted by Gasteiger charge is -2.15. The summed E-state index contributed by atoms with van der Waals surface area (Å²) in [5.41, 5.74) is 3.96. The summed E-state index contributed by atoms with van der Waals surface area (Å²) in [6.45, 7) is 4.87. The monoisotopic (exact) mass is 498 g/mol. The molecule has 3 rings (SSSR count). The molecule has 0 amide bonds. The van der Waals surface area contributed by atoms with Gasteiger partial charge in [-0.1, -0.05) is 77.8 Å². The first-order valence-electron chi connectivity index (χ1n) is 11.2. The van der Waals surface area contributed by atoms with Crippen molar-refractivity contribution in [3.05, 3.63) is 94.0 Å². The maximum absolute atomic E-state index is 12.0. The molecule has 6 heteroatoms. The van der Waals surface area contributed by atoms with Crippen molar-refractivity contribution in [1.29, 1.82) is 0 Å². The first-order valence-corrected chi connectivity index (χ1v) is 12.0. The van der Waals surface area contributed by atoms with E-state index in [0.717, 1.165) is 28.0 Å². The molecule has 0 spiro atoms. The Kier molecular flexibility index (Phi) is 10.0. The third kappa shape index (κ3) is 7.36. The summed E-state index contributed by atoms with van der Waals surface area (Å²) in [6, 6.07) is 21.3. The van der Waals surface area contributed by atoms with E-state index in [1.807, 2.05) is 79.7 Å². The molecule has 3 aromatic carbocycles. The topological polar surface area (TPSA) is 44.8 Å². The highest BCUT2D eigenvalue weighted by Crippen LogP contribution is 2.33. The van der Waals surface area contributed by atoms with Crippen molar-refractivity contribution < 1.29 is 19.0 Å². The molecule has 0 saturated heterocycles. The SMILES string of the molecule is CCOC(=O)C(Cc1ccc(OC/C=C/c2ccc(-c3cccc(Cl)c3Cl)cc2)cc1)OCC. The quantitative estimate of drug-likeness (QED) is 0.261. The van der Waals surface area contributed by atoms with Crippen molar-refractivity contribution in [2.24, 2.45) is 0 Å². The molecule has 1 unspecified atom stereocenters. The number of hydrogen-bond acceptors (Lipinski definition) is 4. The molecule has 178 valence electrons. The van der Waals surface area contributed by atoms with Crippen LogP contribution in [0, 0.1) is 0 Å². The molecule has 1 atom stereocenters. The fourth-order valence-electron chi connectivity index (χ4n) is 3.41. The van der Waals surface area contributed by atoms with Crippen LogP contribution < -0.4 is 4.74 Å². The smallest absolute Gasteiger partial charge is 0.335 e. The van der Waals surface area contributed by atoms with Crippen LogP contribution in [0.5, 0.6) is 5.75 Å². The summed E-state index contributed by atoms with van der Waals surface area (Å²) in [5.74, 6) is 0.418. The van der Waals surface area contributed by atoms with Crippen LogP contribution in [0.15, 0.2) is 72.8 Å². The zero-order valence-corrected chi connectivity index (χ0v) is 20.8. The summed E-state index contributed by atoms with van der Waals surface area (Å²) in [5, 5.41) is 1.10. The van der Waals surface area contributed by atoms with Crippen LogP contribution in [0.25, 0.3) is 17.2 Å².